The Bertz CT molecular complexity index is 631. The molecular formula is C14H15ClN4O2. The van der Waals surface area contributed by atoms with Gasteiger partial charge in [-0.3, -0.25) is 10.1 Å². The molecule has 1 heterocycles. The average Bonchev–Trinajstić information content (AvgIpc) is 2.49. The topological polar surface area (TPSA) is 80.1 Å². The number of anilines is 2. The molecule has 0 aliphatic carbocycles. The maximum atomic E-state index is 10.9. The molecule has 110 valence electrons. The van der Waals surface area contributed by atoms with Gasteiger partial charge >= 0.3 is 0 Å². The van der Waals surface area contributed by atoms with Crippen molar-refractivity contribution < 1.29 is 4.92 Å². The van der Waals surface area contributed by atoms with E-state index in [1.54, 1.807) is 7.05 Å². The number of nitrogens with one attached hydrogen (secondary N) is 2. The van der Waals surface area contributed by atoms with E-state index in [9.17, 15) is 10.1 Å². The number of aromatic nitrogens is 1. The van der Waals surface area contributed by atoms with Crippen LogP contribution in [0.25, 0.3) is 0 Å². The Labute approximate surface area is 127 Å². The predicted octanol–water partition coefficient (Wildman–Crippen LogP) is 3.34. The zero-order valence-electron chi connectivity index (χ0n) is 11.5. The molecule has 0 amide bonds. The van der Waals surface area contributed by atoms with Gasteiger partial charge in [0.2, 0.25) is 0 Å². The first-order valence-corrected chi connectivity index (χ1v) is 6.79. The average molecular weight is 307 g/mol. The summed E-state index contributed by atoms with van der Waals surface area (Å²) >= 11 is 5.83. The van der Waals surface area contributed by atoms with E-state index in [1.165, 1.54) is 12.1 Å². The molecule has 0 saturated carbocycles. The van der Waals surface area contributed by atoms with E-state index in [2.05, 4.69) is 15.6 Å². The van der Waals surface area contributed by atoms with Crippen molar-refractivity contribution in [1.29, 1.82) is 0 Å². The highest BCUT2D eigenvalue weighted by atomic mass is 35.5. The molecule has 0 saturated heterocycles. The summed E-state index contributed by atoms with van der Waals surface area (Å²) in [6.07, 6.45) is 0.774. The highest BCUT2D eigenvalue weighted by Crippen LogP contribution is 2.20. The number of benzene rings is 1. The normalized spacial score (nSPS) is 10.2. The van der Waals surface area contributed by atoms with Crippen LogP contribution in [0.3, 0.4) is 0 Å². The summed E-state index contributed by atoms with van der Waals surface area (Å²) in [5.74, 6) is 0.931. The summed E-state index contributed by atoms with van der Waals surface area (Å²) in [6.45, 7) is 0.624. The number of halogens is 1. The largest absolute Gasteiger partial charge is 0.373 e. The quantitative estimate of drug-likeness (QED) is 0.632. The van der Waals surface area contributed by atoms with Crippen molar-refractivity contribution in [3.63, 3.8) is 0 Å². The van der Waals surface area contributed by atoms with Crippen LogP contribution < -0.4 is 10.6 Å². The Morgan fingerprint density at radius 2 is 1.90 bits per heavy atom. The third-order valence-electron chi connectivity index (χ3n) is 2.91. The summed E-state index contributed by atoms with van der Waals surface area (Å²) in [5, 5.41) is 17.5. The number of nitrogens with zero attached hydrogens (tertiary/aromatic N) is 2. The fraction of sp³-hybridized carbons (Fsp3) is 0.214. The first kappa shape index (κ1) is 15.1. The van der Waals surface area contributed by atoms with Crippen molar-refractivity contribution in [3.8, 4) is 0 Å². The molecule has 2 N–H and O–H groups in total. The molecule has 0 radical (unpaired) electrons. The van der Waals surface area contributed by atoms with E-state index in [1.807, 2.05) is 24.3 Å². The van der Waals surface area contributed by atoms with Crippen LogP contribution in [0.5, 0.6) is 0 Å². The fourth-order valence-electron chi connectivity index (χ4n) is 1.83. The van der Waals surface area contributed by atoms with Gasteiger partial charge in [-0.1, -0.05) is 23.7 Å². The zero-order valence-corrected chi connectivity index (χ0v) is 12.2. The minimum atomic E-state index is -0.438. The molecule has 0 aliphatic heterocycles. The molecule has 2 aromatic rings. The SMILES string of the molecule is CNc1cc([N+](=O)[O-])cc(NCCc2ccc(Cl)cc2)n1. The van der Waals surface area contributed by atoms with Gasteiger partial charge in [0.25, 0.3) is 5.69 Å². The zero-order chi connectivity index (χ0) is 15.2. The van der Waals surface area contributed by atoms with Crippen LogP contribution >= 0.6 is 11.6 Å². The third-order valence-corrected chi connectivity index (χ3v) is 3.16. The number of rotatable bonds is 6. The van der Waals surface area contributed by atoms with Gasteiger partial charge in [-0.2, -0.15) is 0 Å². The predicted molar refractivity (Wildman–Crippen MR) is 84.1 cm³/mol. The first-order chi connectivity index (χ1) is 10.1. The lowest BCUT2D eigenvalue weighted by atomic mass is 10.1. The molecule has 1 aromatic heterocycles. The lowest BCUT2D eigenvalue weighted by Crippen LogP contribution is -2.08. The number of hydrogen-bond donors (Lipinski definition) is 2. The Morgan fingerprint density at radius 1 is 1.24 bits per heavy atom. The minimum Gasteiger partial charge on any atom is -0.373 e. The van der Waals surface area contributed by atoms with Gasteiger partial charge in [0.15, 0.2) is 0 Å². The molecule has 0 spiro atoms. The van der Waals surface area contributed by atoms with Gasteiger partial charge in [0, 0.05) is 18.6 Å². The van der Waals surface area contributed by atoms with Crippen LogP contribution in [0.2, 0.25) is 5.02 Å². The fourth-order valence-corrected chi connectivity index (χ4v) is 1.95. The van der Waals surface area contributed by atoms with Gasteiger partial charge in [0.05, 0.1) is 17.1 Å². The minimum absolute atomic E-state index is 0.00310. The summed E-state index contributed by atoms with van der Waals surface area (Å²) in [6, 6.07) is 10.4. The molecule has 0 fully saturated rings. The number of pyridine rings is 1. The van der Waals surface area contributed by atoms with Gasteiger partial charge in [0.1, 0.15) is 11.6 Å². The van der Waals surface area contributed by atoms with Crippen molar-refractivity contribution in [2.24, 2.45) is 0 Å². The lowest BCUT2D eigenvalue weighted by Gasteiger charge is -2.08. The second-order valence-electron chi connectivity index (χ2n) is 4.41. The molecule has 0 aliphatic rings. The van der Waals surface area contributed by atoms with Crippen molar-refractivity contribution in [3.05, 3.63) is 57.1 Å². The number of nitro groups is 1. The maximum Gasteiger partial charge on any atom is 0.276 e. The van der Waals surface area contributed by atoms with E-state index in [4.69, 9.17) is 11.6 Å². The van der Waals surface area contributed by atoms with E-state index >= 15 is 0 Å². The summed E-state index contributed by atoms with van der Waals surface area (Å²) in [7, 11) is 1.67. The molecule has 21 heavy (non-hydrogen) atoms. The van der Waals surface area contributed by atoms with Gasteiger partial charge in [-0.05, 0) is 24.1 Å². The van der Waals surface area contributed by atoms with Crippen LogP contribution in [0.15, 0.2) is 36.4 Å². The van der Waals surface area contributed by atoms with Crippen molar-refractivity contribution >= 4 is 28.9 Å². The Balaban J connectivity index is 2.00. The molecule has 0 bridgehead atoms. The van der Waals surface area contributed by atoms with Crippen LogP contribution in [0, 0.1) is 10.1 Å². The molecule has 6 nitrogen and oxygen atoms in total. The van der Waals surface area contributed by atoms with Gasteiger partial charge in [-0.15, -0.1) is 0 Å². The van der Waals surface area contributed by atoms with Crippen molar-refractivity contribution in [1.82, 2.24) is 4.98 Å². The summed E-state index contributed by atoms with van der Waals surface area (Å²) < 4.78 is 0. The van der Waals surface area contributed by atoms with Crippen molar-refractivity contribution in [2.75, 3.05) is 24.2 Å². The Morgan fingerprint density at radius 3 is 2.52 bits per heavy atom. The summed E-state index contributed by atoms with van der Waals surface area (Å²) in [4.78, 5) is 14.7. The molecule has 0 atom stereocenters. The van der Waals surface area contributed by atoms with Crippen molar-refractivity contribution in [2.45, 2.75) is 6.42 Å². The maximum absolute atomic E-state index is 10.9. The van der Waals surface area contributed by atoms with E-state index in [-0.39, 0.29) is 5.69 Å². The van der Waals surface area contributed by atoms with Crippen LogP contribution in [-0.4, -0.2) is 23.5 Å². The van der Waals surface area contributed by atoms with E-state index < -0.39 is 4.92 Å². The van der Waals surface area contributed by atoms with Gasteiger partial charge in [-0.25, -0.2) is 4.98 Å². The first-order valence-electron chi connectivity index (χ1n) is 6.41. The highest BCUT2D eigenvalue weighted by Gasteiger charge is 2.10. The smallest absolute Gasteiger partial charge is 0.276 e. The van der Waals surface area contributed by atoms with Gasteiger partial charge < -0.3 is 10.6 Å². The van der Waals surface area contributed by atoms with Crippen LogP contribution in [0.4, 0.5) is 17.3 Å². The standard InChI is InChI=1S/C14H15ClN4O2/c1-16-13-8-12(19(20)21)9-14(18-13)17-7-6-10-2-4-11(15)5-3-10/h2-5,8-9H,6-7H2,1H3,(H2,16,17,18). The highest BCUT2D eigenvalue weighted by molar-refractivity contribution is 6.30. The molecule has 2 rings (SSSR count). The lowest BCUT2D eigenvalue weighted by molar-refractivity contribution is -0.384. The van der Waals surface area contributed by atoms with Crippen LogP contribution in [-0.2, 0) is 6.42 Å². The monoisotopic (exact) mass is 306 g/mol. The molecular weight excluding hydrogens is 292 g/mol. The Hall–Kier alpha value is -2.34. The molecule has 0 unspecified atom stereocenters. The number of hydrogen-bond acceptors (Lipinski definition) is 5. The second-order valence-corrected chi connectivity index (χ2v) is 4.84. The molecule has 1 aromatic carbocycles. The molecule has 7 heteroatoms. The van der Waals surface area contributed by atoms with E-state index in [0.717, 1.165) is 12.0 Å². The summed E-state index contributed by atoms with van der Waals surface area (Å²) in [5.41, 5.74) is 1.13. The van der Waals surface area contributed by atoms with Crippen LogP contribution in [0.1, 0.15) is 5.56 Å². The Kier molecular flexibility index (Phi) is 4.94. The van der Waals surface area contributed by atoms with E-state index in [0.29, 0.717) is 23.2 Å². The second kappa shape index (κ2) is 6.90. The third kappa shape index (κ3) is 4.32.